The predicted octanol–water partition coefficient (Wildman–Crippen LogP) is 1.84. The molecule has 0 N–H and O–H groups in total. The fraction of sp³-hybridized carbons (Fsp3) is 0.900. The monoisotopic (exact) mass is 168 g/mol. The minimum absolute atomic E-state index is 0.0229. The predicted molar refractivity (Wildman–Crippen MR) is 45.5 cm³/mol. The van der Waals surface area contributed by atoms with Crippen LogP contribution < -0.4 is 0 Å². The number of fused-ring (bicyclic) bond motifs is 2. The van der Waals surface area contributed by atoms with E-state index in [4.69, 9.17) is 4.74 Å². The lowest BCUT2D eigenvalue weighted by atomic mass is 9.80. The molecular weight excluding hydrogens is 152 g/mol. The van der Waals surface area contributed by atoms with Crippen LogP contribution in [-0.4, -0.2) is 13.1 Å². The zero-order valence-electron chi connectivity index (χ0n) is 7.75. The number of esters is 1. The van der Waals surface area contributed by atoms with Gasteiger partial charge in [-0.3, -0.25) is 4.79 Å². The van der Waals surface area contributed by atoms with Gasteiger partial charge in [0.25, 0.3) is 0 Å². The Bertz CT molecular complexity index is 198. The second-order valence-corrected chi connectivity index (χ2v) is 4.24. The minimum Gasteiger partial charge on any atom is -0.469 e. The Morgan fingerprint density at radius 1 is 1.33 bits per heavy atom. The highest BCUT2D eigenvalue weighted by Crippen LogP contribution is 2.52. The van der Waals surface area contributed by atoms with Gasteiger partial charge in [0, 0.05) is 0 Å². The van der Waals surface area contributed by atoms with E-state index in [2.05, 4.69) is 6.92 Å². The van der Waals surface area contributed by atoms with Gasteiger partial charge in [-0.25, -0.2) is 0 Å². The molecule has 2 aliphatic carbocycles. The molecule has 68 valence electrons. The molecule has 0 radical (unpaired) electrons. The van der Waals surface area contributed by atoms with Crippen LogP contribution in [0.4, 0.5) is 0 Å². The molecule has 0 aliphatic heterocycles. The van der Waals surface area contributed by atoms with Crippen molar-refractivity contribution in [3.8, 4) is 0 Å². The van der Waals surface area contributed by atoms with Crippen LogP contribution in [-0.2, 0) is 9.53 Å². The maximum Gasteiger partial charge on any atom is 0.309 e. The second-order valence-electron chi connectivity index (χ2n) is 4.24. The van der Waals surface area contributed by atoms with Crippen molar-refractivity contribution in [1.29, 1.82) is 0 Å². The summed E-state index contributed by atoms with van der Waals surface area (Å²) >= 11 is 0. The van der Waals surface area contributed by atoms with Crippen LogP contribution in [0.2, 0.25) is 0 Å². The topological polar surface area (TPSA) is 26.3 Å². The third-order valence-electron chi connectivity index (χ3n) is 3.80. The molecule has 0 saturated heterocycles. The van der Waals surface area contributed by atoms with Gasteiger partial charge in [-0.2, -0.15) is 0 Å². The van der Waals surface area contributed by atoms with Gasteiger partial charge in [0.1, 0.15) is 0 Å². The van der Waals surface area contributed by atoms with Gasteiger partial charge in [-0.1, -0.05) is 6.92 Å². The largest absolute Gasteiger partial charge is 0.469 e. The fourth-order valence-corrected chi connectivity index (χ4v) is 3.12. The Morgan fingerprint density at radius 3 is 2.50 bits per heavy atom. The Morgan fingerprint density at radius 2 is 2.00 bits per heavy atom. The molecule has 4 atom stereocenters. The molecule has 2 bridgehead atoms. The molecule has 12 heavy (non-hydrogen) atoms. The van der Waals surface area contributed by atoms with E-state index in [0.717, 1.165) is 5.92 Å². The first-order valence-corrected chi connectivity index (χ1v) is 4.82. The zero-order valence-corrected chi connectivity index (χ0v) is 7.75. The Hall–Kier alpha value is -0.530. The standard InChI is InChI=1S/C10H16O2/c1-6-7-3-4-8(5-7)9(6)10(11)12-2/h6-9H,3-5H2,1-2H3/t6-,7-,8+,9-/m1/s1. The summed E-state index contributed by atoms with van der Waals surface area (Å²) in [6, 6.07) is 0. The van der Waals surface area contributed by atoms with Gasteiger partial charge >= 0.3 is 5.97 Å². The van der Waals surface area contributed by atoms with Crippen LogP contribution in [0.1, 0.15) is 26.2 Å². The van der Waals surface area contributed by atoms with Crippen LogP contribution in [0, 0.1) is 23.7 Å². The SMILES string of the molecule is COC(=O)[C@H]1[C@H]2CC[C@H](C2)[C@H]1C. The molecule has 0 aromatic rings. The third kappa shape index (κ3) is 0.970. The highest BCUT2D eigenvalue weighted by Gasteiger charge is 2.48. The fourth-order valence-electron chi connectivity index (χ4n) is 3.12. The van der Waals surface area contributed by atoms with Crippen LogP contribution in [0.3, 0.4) is 0 Å². The molecular formula is C10H16O2. The molecule has 0 heterocycles. The molecule has 2 saturated carbocycles. The van der Waals surface area contributed by atoms with Crippen molar-refractivity contribution < 1.29 is 9.53 Å². The average Bonchev–Trinajstić information content (AvgIpc) is 2.63. The summed E-state index contributed by atoms with van der Waals surface area (Å²) in [5.74, 6) is 2.25. The number of hydrogen-bond donors (Lipinski definition) is 0. The van der Waals surface area contributed by atoms with E-state index in [0.29, 0.717) is 11.8 Å². The normalized spacial score (nSPS) is 44.8. The Kier molecular flexibility index (Phi) is 1.85. The number of hydrogen-bond acceptors (Lipinski definition) is 2. The van der Waals surface area contributed by atoms with Gasteiger partial charge in [-0.05, 0) is 37.0 Å². The van der Waals surface area contributed by atoms with Crippen LogP contribution in [0.25, 0.3) is 0 Å². The molecule has 0 amide bonds. The lowest BCUT2D eigenvalue weighted by molar-refractivity contribution is -0.149. The van der Waals surface area contributed by atoms with Crippen molar-refractivity contribution in [2.75, 3.05) is 7.11 Å². The first kappa shape index (κ1) is 8.09. The molecule has 0 aromatic heterocycles. The Balaban J connectivity index is 2.12. The lowest BCUT2D eigenvalue weighted by Crippen LogP contribution is -2.28. The third-order valence-corrected chi connectivity index (χ3v) is 3.80. The summed E-state index contributed by atoms with van der Waals surface area (Å²) in [5.41, 5.74) is 0. The van der Waals surface area contributed by atoms with Crippen LogP contribution in [0.15, 0.2) is 0 Å². The van der Waals surface area contributed by atoms with E-state index in [-0.39, 0.29) is 11.9 Å². The molecule has 2 rings (SSSR count). The molecule has 0 spiro atoms. The lowest BCUT2D eigenvalue weighted by Gasteiger charge is -2.25. The Labute approximate surface area is 73.3 Å². The van der Waals surface area contributed by atoms with Crippen molar-refractivity contribution in [3.05, 3.63) is 0 Å². The van der Waals surface area contributed by atoms with E-state index >= 15 is 0 Å². The number of rotatable bonds is 1. The van der Waals surface area contributed by atoms with Gasteiger partial charge in [0.2, 0.25) is 0 Å². The smallest absolute Gasteiger partial charge is 0.309 e. The molecule has 2 heteroatoms. The molecule has 2 fully saturated rings. The quantitative estimate of drug-likeness (QED) is 0.558. The van der Waals surface area contributed by atoms with Crippen LogP contribution >= 0.6 is 0 Å². The van der Waals surface area contributed by atoms with Gasteiger partial charge in [0.15, 0.2) is 0 Å². The first-order chi connectivity index (χ1) is 5.74. The van der Waals surface area contributed by atoms with E-state index in [1.807, 2.05) is 0 Å². The maximum absolute atomic E-state index is 11.4. The van der Waals surface area contributed by atoms with Gasteiger partial charge < -0.3 is 4.74 Å². The number of ether oxygens (including phenoxy) is 1. The molecule has 2 aliphatic rings. The van der Waals surface area contributed by atoms with Crippen molar-refractivity contribution in [1.82, 2.24) is 0 Å². The van der Waals surface area contributed by atoms with E-state index in [1.165, 1.54) is 26.4 Å². The summed E-state index contributed by atoms with van der Waals surface area (Å²) in [7, 11) is 1.50. The summed E-state index contributed by atoms with van der Waals surface area (Å²) < 4.78 is 4.82. The van der Waals surface area contributed by atoms with E-state index in [1.54, 1.807) is 0 Å². The highest BCUT2D eigenvalue weighted by molar-refractivity contribution is 5.73. The number of carbonyl (C=O) groups excluding carboxylic acids is 1. The minimum atomic E-state index is 0.0229. The first-order valence-electron chi connectivity index (χ1n) is 4.82. The summed E-state index contributed by atoms with van der Waals surface area (Å²) in [6.45, 7) is 2.20. The number of methoxy groups -OCH3 is 1. The van der Waals surface area contributed by atoms with Gasteiger partial charge in [0.05, 0.1) is 13.0 Å². The van der Waals surface area contributed by atoms with E-state index < -0.39 is 0 Å². The summed E-state index contributed by atoms with van der Waals surface area (Å²) in [4.78, 5) is 11.4. The van der Waals surface area contributed by atoms with Crippen molar-refractivity contribution in [3.63, 3.8) is 0 Å². The molecule has 0 unspecified atom stereocenters. The number of carbonyl (C=O) groups is 1. The summed E-state index contributed by atoms with van der Waals surface area (Å²) in [5, 5.41) is 0. The second kappa shape index (κ2) is 2.75. The molecule has 2 nitrogen and oxygen atoms in total. The van der Waals surface area contributed by atoms with Crippen molar-refractivity contribution in [2.45, 2.75) is 26.2 Å². The van der Waals surface area contributed by atoms with Crippen LogP contribution in [0.5, 0.6) is 0 Å². The van der Waals surface area contributed by atoms with Gasteiger partial charge in [-0.15, -0.1) is 0 Å². The molecule has 0 aromatic carbocycles. The highest BCUT2D eigenvalue weighted by atomic mass is 16.5. The van der Waals surface area contributed by atoms with Crippen molar-refractivity contribution >= 4 is 5.97 Å². The summed E-state index contributed by atoms with van der Waals surface area (Å²) in [6.07, 6.45) is 3.84. The average molecular weight is 168 g/mol. The zero-order chi connectivity index (χ0) is 8.72. The van der Waals surface area contributed by atoms with E-state index in [9.17, 15) is 4.79 Å². The maximum atomic E-state index is 11.4. The van der Waals surface area contributed by atoms with Crippen molar-refractivity contribution in [2.24, 2.45) is 23.7 Å².